The van der Waals surface area contributed by atoms with Crippen molar-refractivity contribution >= 4 is 14.2 Å². The molecule has 0 amide bonds. The maximum absolute atomic E-state index is 10.5. The van der Waals surface area contributed by atoms with Gasteiger partial charge in [0, 0.05) is 11.0 Å². The molecule has 0 aromatic heterocycles. The standard InChI is InChI=1S/C6H12O3.HO3P/c1-2-3-6(8)9-5-4-7;1-4(2)3/h7H,2-5H2,1H3;(H-,1,2,3)/p+1. The van der Waals surface area contributed by atoms with E-state index in [9.17, 15) is 4.79 Å². The molecule has 0 heterocycles. The van der Waals surface area contributed by atoms with Crippen molar-refractivity contribution in [2.45, 2.75) is 19.8 Å². The topological polar surface area (TPSA) is 104 Å². The summed E-state index contributed by atoms with van der Waals surface area (Å²) in [6.07, 6.45) is 1.24. The zero-order valence-corrected chi connectivity index (χ0v) is 8.24. The zero-order valence-electron chi connectivity index (χ0n) is 7.34. The van der Waals surface area contributed by atoms with Crippen molar-refractivity contribution < 1.29 is 29.0 Å². The second-order valence-electron chi connectivity index (χ2n) is 1.95. The van der Waals surface area contributed by atoms with Crippen LogP contribution in [0.3, 0.4) is 0 Å². The van der Waals surface area contributed by atoms with Crippen LogP contribution in [0.25, 0.3) is 0 Å². The van der Waals surface area contributed by atoms with Gasteiger partial charge in [0.15, 0.2) is 0 Å². The molecule has 0 radical (unpaired) electrons. The summed E-state index contributed by atoms with van der Waals surface area (Å²) in [6, 6.07) is 0. The fourth-order valence-corrected chi connectivity index (χ4v) is 0.436. The van der Waals surface area contributed by atoms with Crippen LogP contribution in [-0.4, -0.2) is 34.1 Å². The summed E-state index contributed by atoms with van der Waals surface area (Å²) in [5, 5.41) is 8.21. The van der Waals surface area contributed by atoms with E-state index in [4.69, 9.17) is 19.5 Å². The number of carbonyl (C=O) groups is 1. The predicted octanol–water partition coefficient (Wildman–Crippen LogP) is -0.0496. The molecule has 13 heavy (non-hydrogen) atoms. The fraction of sp³-hybridized carbons (Fsp3) is 0.833. The molecule has 6 nitrogen and oxygen atoms in total. The summed E-state index contributed by atoms with van der Waals surface area (Å²) >= 11 is 0. The average molecular weight is 213 g/mol. The molecule has 0 aromatic carbocycles. The van der Waals surface area contributed by atoms with Crippen LogP contribution >= 0.6 is 8.25 Å². The number of hydrogen-bond donors (Lipinski definition) is 3. The van der Waals surface area contributed by atoms with Gasteiger partial charge in [-0.05, 0) is 6.42 Å². The lowest BCUT2D eigenvalue weighted by Gasteiger charge is -1.98. The van der Waals surface area contributed by atoms with Gasteiger partial charge in [0.05, 0.1) is 6.61 Å². The van der Waals surface area contributed by atoms with Gasteiger partial charge in [0.25, 0.3) is 0 Å². The van der Waals surface area contributed by atoms with Crippen molar-refractivity contribution in [3.63, 3.8) is 0 Å². The first-order valence-corrected chi connectivity index (χ1v) is 4.82. The Hall–Kier alpha value is -0.550. The van der Waals surface area contributed by atoms with Crippen LogP contribution in [-0.2, 0) is 14.1 Å². The normalized spacial score (nSPS) is 8.31. The van der Waals surface area contributed by atoms with Gasteiger partial charge in [0.1, 0.15) is 6.61 Å². The Morgan fingerprint density at radius 2 is 1.92 bits per heavy atom. The van der Waals surface area contributed by atoms with E-state index in [2.05, 4.69) is 4.74 Å². The summed E-state index contributed by atoms with van der Waals surface area (Å²) in [6.45, 7) is 1.94. The van der Waals surface area contributed by atoms with E-state index in [1.165, 1.54) is 0 Å². The second kappa shape index (κ2) is 11.4. The van der Waals surface area contributed by atoms with E-state index in [1.54, 1.807) is 0 Å². The Balaban J connectivity index is 0. The van der Waals surface area contributed by atoms with Crippen molar-refractivity contribution in [3.05, 3.63) is 0 Å². The van der Waals surface area contributed by atoms with E-state index >= 15 is 0 Å². The van der Waals surface area contributed by atoms with Crippen LogP contribution < -0.4 is 0 Å². The minimum Gasteiger partial charge on any atom is -0.463 e. The highest BCUT2D eigenvalue weighted by Crippen LogP contribution is 1.98. The molecular weight excluding hydrogens is 199 g/mol. The average Bonchev–Trinajstić information content (AvgIpc) is 2.00. The molecule has 7 heteroatoms. The lowest BCUT2D eigenvalue weighted by atomic mass is 10.3. The molecule has 0 saturated carbocycles. The van der Waals surface area contributed by atoms with Gasteiger partial charge in [-0.2, -0.15) is 0 Å². The molecule has 0 bridgehead atoms. The van der Waals surface area contributed by atoms with E-state index < -0.39 is 8.25 Å². The minimum absolute atomic E-state index is 0.0878. The lowest BCUT2D eigenvalue weighted by molar-refractivity contribution is -0.144. The maximum atomic E-state index is 10.5. The van der Waals surface area contributed by atoms with Gasteiger partial charge in [-0.3, -0.25) is 4.79 Å². The summed E-state index contributed by atoms with van der Waals surface area (Å²) in [5.41, 5.74) is 0. The summed E-state index contributed by atoms with van der Waals surface area (Å²) < 4.78 is 13.2. The highest BCUT2D eigenvalue weighted by Gasteiger charge is 1.97. The molecular formula is C6H14O6P+. The fourth-order valence-electron chi connectivity index (χ4n) is 0.436. The Kier molecular flexibility index (Phi) is 13.2. The van der Waals surface area contributed by atoms with Crippen molar-refractivity contribution in [1.29, 1.82) is 0 Å². The monoisotopic (exact) mass is 213 g/mol. The highest BCUT2D eigenvalue weighted by molar-refractivity contribution is 7.30. The first-order valence-electron chi connectivity index (χ1n) is 3.66. The molecule has 3 N–H and O–H groups in total. The highest BCUT2D eigenvalue weighted by atomic mass is 31.1. The Bertz CT molecular complexity index is 144. The van der Waals surface area contributed by atoms with E-state index in [0.717, 1.165) is 6.42 Å². The van der Waals surface area contributed by atoms with Crippen molar-refractivity contribution in [2.75, 3.05) is 13.2 Å². The third kappa shape index (κ3) is 24.6. The molecule has 78 valence electrons. The Labute approximate surface area is 77.1 Å². The number of carbonyl (C=O) groups excluding carboxylic acids is 1. The lowest BCUT2D eigenvalue weighted by Crippen LogP contribution is -2.07. The molecule has 0 rings (SSSR count). The Morgan fingerprint density at radius 3 is 2.23 bits per heavy atom. The smallest absolute Gasteiger partial charge is 0.463 e. The molecule has 0 aliphatic carbocycles. The van der Waals surface area contributed by atoms with Gasteiger partial charge in [-0.15, -0.1) is 9.79 Å². The predicted molar refractivity (Wildman–Crippen MR) is 45.0 cm³/mol. The maximum Gasteiger partial charge on any atom is 0.692 e. The molecule has 0 fully saturated rings. The van der Waals surface area contributed by atoms with Gasteiger partial charge >= 0.3 is 14.2 Å². The van der Waals surface area contributed by atoms with Crippen LogP contribution in [0.2, 0.25) is 0 Å². The molecule has 0 aliphatic rings. The zero-order chi connectivity index (χ0) is 10.7. The summed E-state index contributed by atoms with van der Waals surface area (Å²) in [7, 11) is -2.87. The van der Waals surface area contributed by atoms with Crippen LogP contribution in [0.1, 0.15) is 19.8 Å². The van der Waals surface area contributed by atoms with Crippen LogP contribution in [0, 0.1) is 0 Å². The number of esters is 1. The third-order valence-electron chi connectivity index (χ3n) is 0.808. The number of ether oxygens (including phenoxy) is 1. The van der Waals surface area contributed by atoms with Crippen LogP contribution in [0.4, 0.5) is 0 Å². The summed E-state index contributed by atoms with van der Waals surface area (Å²) in [5.74, 6) is -0.230. The molecule has 0 aliphatic heterocycles. The Morgan fingerprint density at radius 1 is 1.46 bits per heavy atom. The van der Waals surface area contributed by atoms with Crippen LogP contribution in [0.5, 0.6) is 0 Å². The van der Waals surface area contributed by atoms with E-state index in [-0.39, 0.29) is 19.2 Å². The van der Waals surface area contributed by atoms with E-state index in [0.29, 0.717) is 6.42 Å². The van der Waals surface area contributed by atoms with E-state index in [1.807, 2.05) is 6.92 Å². The van der Waals surface area contributed by atoms with Crippen LogP contribution in [0.15, 0.2) is 0 Å². The summed E-state index contributed by atoms with van der Waals surface area (Å²) in [4.78, 5) is 24.7. The minimum atomic E-state index is -2.87. The molecule has 0 spiro atoms. The van der Waals surface area contributed by atoms with Gasteiger partial charge in [-0.1, -0.05) is 6.92 Å². The van der Waals surface area contributed by atoms with Crippen molar-refractivity contribution in [2.24, 2.45) is 0 Å². The molecule has 0 atom stereocenters. The van der Waals surface area contributed by atoms with Gasteiger partial charge < -0.3 is 9.84 Å². The largest absolute Gasteiger partial charge is 0.692 e. The first kappa shape index (κ1) is 14.9. The molecule has 0 unspecified atom stereocenters. The van der Waals surface area contributed by atoms with Gasteiger partial charge in [0.2, 0.25) is 0 Å². The third-order valence-corrected chi connectivity index (χ3v) is 0.808. The van der Waals surface area contributed by atoms with Crippen molar-refractivity contribution in [3.8, 4) is 0 Å². The first-order chi connectivity index (χ1) is 6.04. The SMILES string of the molecule is CCCC(=O)OCCO.O=[P+](O)O. The number of aliphatic hydroxyl groups excluding tert-OH is 1. The quantitative estimate of drug-likeness (QED) is 0.446. The van der Waals surface area contributed by atoms with Gasteiger partial charge in [-0.25, -0.2) is 0 Å². The number of aliphatic hydroxyl groups is 1. The number of hydrogen-bond acceptors (Lipinski definition) is 4. The molecule has 0 aromatic rings. The van der Waals surface area contributed by atoms with Crippen molar-refractivity contribution in [1.82, 2.24) is 0 Å². The molecule has 0 saturated heterocycles. The number of rotatable bonds is 4. The second-order valence-corrected chi connectivity index (χ2v) is 2.45.